The van der Waals surface area contributed by atoms with Crippen molar-refractivity contribution in [3.8, 4) is 0 Å². The van der Waals surface area contributed by atoms with Crippen LogP contribution in [0.15, 0.2) is 10.6 Å². The van der Waals surface area contributed by atoms with Crippen LogP contribution in [0, 0.1) is 0 Å². The minimum absolute atomic E-state index is 0.277. The fourth-order valence-electron chi connectivity index (χ4n) is 0.744. The van der Waals surface area contributed by atoms with Gasteiger partial charge in [0.1, 0.15) is 6.04 Å². The zero-order valence-corrected chi connectivity index (χ0v) is 9.34. The predicted octanol–water partition coefficient (Wildman–Crippen LogP) is 0.963. The highest BCUT2D eigenvalue weighted by Gasteiger charge is 2.16. The van der Waals surface area contributed by atoms with E-state index in [0.717, 1.165) is 4.48 Å². The average Bonchev–Trinajstić information content (AvgIpc) is 2.00. The lowest BCUT2D eigenvalue weighted by molar-refractivity contribution is -0.143. The van der Waals surface area contributed by atoms with Crippen molar-refractivity contribution in [1.29, 1.82) is 0 Å². The molecule has 1 unspecified atom stereocenters. The number of esters is 1. The van der Waals surface area contributed by atoms with Crippen LogP contribution < -0.4 is 5.32 Å². The molecule has 1 atom stereocenters. The van der Waals surface area contributed by atoms with Crippen molar-refractivity contribution < 1.29 is 14.3 Å². The van der Waals surface area contributed by atoms with Crippen molar-refractivity contribution in [3.05, 3.63) is 10.6 Å². The third kappa shape index (κ3) is 5.41. The van der Waals surface area contributed by atoms with Crippen LogP contribution in [0.5, 0.6) is 0 Å². The van der Waals surface area contributed by atoms with Gasteiger partial charge in [-0.1, -0.05) is 15.9 Å². The molecule has 0 saturated carbocycles. The molecule has 0 aromatic carbocycles. The highest BCUT2D eigenvalue weighted by Crippen LogP contribution is 2.04. The maximum Gasteiger partial charge on any atom is 0.332 e. The highest BCUT2D eigenvalue weighted by atomic mass is 79.9. The Kier molecular flexibility index (Phi) is 5.37. The number of hydrogen-bond donors (Lipinski definition) is 1. The van der Waals surface area contributed by atoms with Gasteiger partial charge in [-0.05, 0) is 17.5 Å². The zero-order valence-electron chi connectivity index (χ0n) is 7.76. The summed E-state index contributed by atoms with van der Waals surface area (Å²) >= 11 is 3.16. The van der Waals surface area contributed by atoms with E-state index in [-0.39, 0.29) is 5.91 Å². The van der Waals surface area contributed by atoms with Gasteiger partial charge in [0, 0.05) is 6.92 Å². The summed E-state index contributed by atoms with van der Waals surface area (Å²) in [5, 5.41) is 2.44. The van der Waals surface area contributed by atoms with Gasteiger partial charge in [-0.25, -0.2) is 4.79 Å². The van der Waals surface area contributed by atoms with Crippen molar-refractivity contribution in [3.63, 3.8) is 0 Å². The molecular formula is C8H12BrNO3. The van der Waals surface area contributed by atoms with E-state index in [4.69, 9.17) is 0 Å². The second-order valence-electron chi connectivity index (χ2n) is 2.45. The Morgan fingerprint density at radius 1 is 1.46 bits per heavy atom. The van der Waals surface area contributed by atoms with Crippen molar-refractivity contribution >= 4 is 27.8 Å². The number of hydrogen-bond acceptors (Lipinski definition) is 3. The van der Waals surface area contributed by atoms with Gasteiger partial charge in [0.2, 0.25) is 5.91 Å². The summed E-state index contributed by atoms with van der Waals surface area (Å²) in [4.78, 5) is 21.8. The first-order chi connectivity index (χ1) is 5.97. The Balaban J connectivity index is 4.46. The van der Waals surface area contributed by atoms with E-state index in [9.17, 15) is 9.59 Å². The van der Waals surface area contributed by atoms with Crippen LogP contribution in [0.2, 0.25) is 0 Å². The predicted molar refractivity (Wildman–Crippen MR) is 52.3 cm³/mol. The van der Waals surface area contributed by atoms with Crippen LogP contribution in [-0.4, -0.2) is 25.0 Å². The van der Waals surface area contributed by atoms with E-state index in [2.05, 4.69) is 26.0 Å². The van der Waals surface area contributed by atoms with E-state index in [1.165, 1.54) is 14.0 Å². The van der Waals surface area contributed by atoms with Crippen LogP contribution in [0.4, 0.5) is 0 Å². The van der Waals surface area contributed by atoms with Crippen LogP contribution in [-0.2, 0) is 14.3 Å². The topological polar surface area (TPSA) is 55.4 Å². The third-order valence-corrected chi connectivity index (χ3v) is 1.47. The number of halogens is 1. The second-order valence-corrected chi connectivity index (χ2v) is 3.71. The smallest absolute Gasteiger partial charge is 0.332 e. The molecule has 0 aliphatic carbocycles. The number of carbonyl (C=O) groups is 2. The summed E-state index contributed by atoms with van der Waals surface area (Å²) in [5.74, 6) is -0.769. The number of ether oxygens (including phenoxy) is 1. The zero-order chi connectivity index (χ0) is 10.4. The van der Waals surface area contributed by atoms with Crippen LogP contribution in [0.1, 0.15) is 13.8 Å². The Bertz CT molecular complexity index is 234. The van der Waals surface area contributed by atoms with Gasteiger partial charge < -0.3 is 10.1 Å². The van der Waals surface area contributed by atoms with Gasteiger partial charge in [-0.15, -0.1) is 0 Å². The van der Waals surface area contributed by atoms with E-state index >= 15 is 0 Å². The molecule has 1 N–H and O–H groups in total. The maximum atomic E-state index is 11.1. The van der Waals surface area contributed by atoms with Gasteiger partial charge in [-0.3, -0.25) is 4.79 Å². The molecule has 0 aromatic rings. The van der Waals surface area contributed by atoms with E-state index in [1.54, 1.807) is 13.0 Å². The van der Waals surface area contributed by atoms with Gasteiger partial charge in [-0.2, -0.15) is 0 Å². The second kappa shape index (κ2) is 5.75. The summed E-state index contributed by atoms with van der Waals surface area (Å²) in [7, 11) is 1.27. The summed E-state index contributed by atoms with van der Waals surface area (Å²) < 4.78 is 5.26. The summed E-state index contributed by atoms with van der Waals surface area (Å²) in [6.45, 7) is 3.10. The monoisotopic (exact) mass is 249 g/mol. The lowest BCUT2D eigenvalue weighted by Gasteiger charge is -2.11. The fourth-order valence-corrected chi connectivity index (χ4v) is 1.01. The number of nitrogens with one attached hydrogen (secondary N) is 1. The number of rotatable bonds is 3. The van der Waals surface area contributed by atoms with Gasteiger partial charge in [0.25, 0.3) is 0 Å². The molecule has 0 spiro atoms. The summed E-state index contributed by atoms with van der Waals surface area (Å²) in [6.07, 6.45) is 1.56. The molecule has 0 bridgehead atoms. The van der Waals surface area contributed by atoms with E-state index < -0.39 is 12.0 Å². The molecule has 5 heteroatoms. The molecule has 74 valence electrons. The quantitative estimate of drug-likeness (QED) is 0.759. The molecule has 0 fully saturated rings. The van der Waals surface area contributed by atoms with Gasteiger partial charge in [0.15, 0.2) is 0 Å². The Labute approximate surface area is 85.5 Å². The minimum atomic E-state index is -0.720. The first kappa shape index (κ1) is 12.2. The van der Waals surface area contributed by atoms with Crippen molar-refractivity contribution in [2.24, 2.45) is 0 Å². The third-order valence-electron chi connectivity index (χ3n) is 1.21. The molecule has 4 nitrogen and oxygen atoms in total. The number of carbonyl (C=O) groups excluding carboxylic acids is 2. The van der Waals surface area contributed by atoms with Crippen LogP contribution in [0.25, 0.3) is 0 Å². The maximum absolute atomic E-state index is 11.1. The average molecular weight is 250 g/mol. The first-order valence-electron chi connectivity index (χ1n) is 3.66. The lowest BCUT2D eigenvalue weighted by Crippen LogP contribution is -2.38. The number of methoxy groups -OCH3 is 1. The molecule has 0 saturated heterocycles. The summed E-state index contributed by atoms with van der Waals surface area (Å²) in [6, 6.07) is -0.720. The SMILES string of the molecule is COC(=O)C(/C=C(/C)Br)NC(C)=O. The van der Waals surface area contributed by atoms with Gasteiger partial charge >= 0.3 is 5.97 Å². The van der Waals surface area contributed by atoms with Crippen molar-refractivity contribution in [2.45, 2.75) is 19.9 Å². The molecule has 0 aliphatic heterocycles. The first-order valence-corrected chi connectivity index (χ1v) is 4.45. The number of amides is 1. The molecule has 13 heavy (non-hydrogen) atoms. The lowest BCUT2D eigenvalue weighted by atomic mass is 10.2. The minimum Gasteiger partial charge on any atom is -0.467 e. The number of allylic oxidation sites excluding steroid dienone is 1. The Hall–Kier alpha value is -0.840. The van der Waals surface area contributed by atoms with E-state index in [1.807, 2.05) is 0 Å². The summed E-state index contributed by atoms with van der Waals surface area (Å²) in [5.41, 5.74) is 0. The van der Waals surface area contributed by atoms with Gasteiger partial charge in [0.05, 0.1) is 7.11 Å². The standard InChI is InChI=1S/C8H12BrNO3/c1-5(9)4-7(8(12)13-3)10-6(2)11/h4,7H,1-3H3,(H,10,11)/b5-4-. The van der Waals surface area contributed by atoms with Crippen molar-refractivity contribution in [2.75, 3.05) is 7.11 Å². The highest BCUT2D eigenvalue weighted by molar-refractivity contribution is 9.11. The molecular weight excluding hydrogens is 238 g/mol. The van der Waals surface area contributed by atoms with Crippen LogP contribution in [0.3, 0.4) is 0 Å². The molecule has 0 aliphatic rings. The van der Waals surface area contributed by atoms with Crippen LogP contribution >= 0.6 is 15.9 Å². The molecule has 0 rings (SSSR count). The normalized spacial score (nSPS) is 13.4. The van der Waals surface area contributed by atoms with E-state index in [0.29, 0.717) is 0 Å². The van der Waals surface area contributed by atoms with Crippen molar-refractivity contribution in [1.82, 2.24) is 5.32 Å². The molecule has 0 radical (unpaired) electrons. The largest absolute Gasteiger partial charge is 0.467 e. The molecule has 1 amide bonds. The Morgan fingerprint density at radius 2 is 2.00 bits per heavy atom. The fraction of sp³-hybridized carbons (Fsp3) is 0.500. The molecule has 0 heterocycles. The Morgan fingerprint density at radius 3 is 2.31 bits per heavy atom. The molecule has 0 aromatic heterocycles.